The van der Waals surface area contributed by atoms with Gasteiger partial charge in [0.15, 0.2) is 0 Å². The highest BCUT2D eigenvalue weighted by Gasteiger charge is 2.03. The Labute approximate surface area is 83.6 Å². The molecule has 0 saturated heterocycles. The molecule has 2 heteroatoms. The van der Waals surface area contributed by atoms with Crippen molar-refractivity contribution >= 4 is 10.9 Å². The van der Waals surface area contributed by atoms with Crippen molar-refractivity contribution in [3.8, 4) is 0 Å². The molecule has 1 atom stereocenters. The first-order chi connectivity index (χ1) is 6.77. The van der Waals surface area contributed by atoms with Gasteiger partial charge in [0.05, 0.1) is 6.10 Å². The van der Waals surface area contributed by atoms with Gasteiger partial charge in [-0.25, -0.2) is 0 Å². The van der Waals surface area contributed by atoms with Gasteiger partial charge in [-0.1, -0.05) is 18.2 Å². The van der Waals surface area contributed by atoms with E-state index in [1.54, 1.807) is 0 Å². The number of para-hydroxylation sites is 1. The van der Waals surface area contributed by atoms with Crippen LogP contribution in [0.5, 0.6) is 0 Å². The van der Waals surface area contributed by atoms with E-state index in [2.05, 4.69) is 17.1 Å². The smallest absolute Gasteiger partial charge is 0.0515 e. The number of fused-ring (bicyclic) bond motifs is 1. The standard InChI is InChI=1S/C12H15NO/c1-9(14)6-7-10-8-13-12-5-3-2-4-11(10)12/h2-5,8-9,13-14H,6-7H2,1H3. The van der Waals surface area contributed by atoms with E-state index in [4.69, 9.17) is 0 Å². The van der Waals surface area contributed by atoms with E-state index in [1.165, 1.54) is 16.5 Å². The second kappa shape index (κ2) is 3.84. The van der Waals surface area contributed by atoms with Gasteiger partial charge in [-0.2, -0.15) is 0 Å². The monoisotopic (exact) mass is 189 g/mol. The quantitative estimate of drug-likeness (QED) is 0.764. The maximum absolute atomic E-state index is 9.21. The molecule has 0 amide bonds. The molecule has 2 N–H and O–H groups in total. The SMILES string of the molecule is CC(O)CCc1c[nH]c2ccccc12. The zero-order valence-corrected chi connectivity index (χ0v) is 8.33. The molecule has 0 aliphatic carbocycles. The molecule has 74 valence electrons. The maximum Gasteiger partial charge on any atom is 0.0515 e. The molecule has 0 aliphatic heterocycles. The Balaban J connectivity index is 2.25. The highest BCUT2D eigenvalue weighted by molar-refractivity contribution is 5.82. The normalized spacial score (nSPS) is 13.3. The number of rotatable bonds is 3. The summed E-state index contributed by atoms with van der Waals surface area (Å²) in [6.45, 7) is 1.83. The van der Waals surface area contributed by atoms with Crippen LogP contribution < -0.4 is 0 Å². The lowest BCUT2D eigenvalue weighted by molar-refractivity contribution is 0.185. The summed E-state index contributed by atoms with van der Waals surface area (Å²) in [5, 5.41) is 10.5. The van der Waals surface area contributed by atoms with Gasteiger partial charge >= 0.3 is 0 Å². The lowest BCUT2D eigenvalue weighted by atomic mass is 10.1. The highest BCUT2D eigenvalue weighted by atomic mass is 16.3. The second-order valence-electron chi connectivity index (χ2n) is 3.75. The van der Waals surface area contributed by atoms with Crippen molar-refractivity contribution in [2.24, 2.45) is 0 Å². The van der Waals surface area contributed by atoms with Gasteiger partial charge in [0.25, 0.3) is 0 Å². The molecule has 0 bridgehead atoms. The maximum atomic E-state index is 9.21. The molecule has 14 heavy (non-hydrogen) atoms. The summed E-state index contributed by atoms with van der Waals surface area (Å²) in [5.41, 5.74) is 2.47. The second-order valence-corrected chi connectivity index (χ2v) is 3.75. The van der Waals surface area contributed by atoms with E-state index < -0.39 is 0 Å². The van der Waals surface area contributed by atoms with Crippen LogP contribution in [0.25, 0.3) is 10.9 Å². The first-order valence-corrected chi connectivity index (χ1v) is 5.00. The molecule has 1 unspecified atom stereocenters. The number of aromatic amines is 1. The van der Waals surface area contributed by atoms with Gasteiger partial charge in [0.1, 0.15) is 0 Å². The number of aliphatic hydroxyl groups is 1. The Morgan fingerprint density at radius 1 is 1.36 bits per heavy atom. The number of benzene rings is 1. The lowest BCUT2D eigenvalue weighted by Crippen LogP contribution is -2.00. The van der Waals surface area contributed by atoms with Crippen molar-refractivity contribution in [3.63, 3.8) is 0 Å². The van der Waals surface area contributed by atoms with E-state index >= 15 is 0 Å². The molecule has 0 radical (unpaired) electrons. The topological polar surface area (TPSA) is 36.0 Å². The average Bonchev–Trinajstić information content (AvgIpc) is 2.58. The van der Waals surface area contributed by atoms with Crippen molar-refractivity contribution in [1.82, 2.24) is 4.98 Å². The first-order valence-electron chi connectivity index (χ1n) is 5.00. The summed E-state index contributed by atoms with van der Waals surface area (Å²) in [5.74, 6) is 0. The Morgan fingerprint density at radius 2 is 2.14 bits per heavy atom. The summed E-state index contributed by atoms with van der Waals surface area (Å²) >= 11 is 0. The van der Waals surface area contributed by atoms with Gasteiger partial charge in [-0.05, 0) is 31.4 Å². The molecule has 0 spiro atoms. The minimum absolute atomic E-state index is 0.219. The number of aryl methyl sites for hydroxylation is 1. The lowest BCUT2D eigenvalue weighted by Gasteiger charge is -2.02. The van der Waals surface area contributed by atoms with Gasteiger partial charge in [-0.3, -0.25) is 0 Å². The van der Waals surface area contributed by atoms with Crippen molar-refractivity contribution < 1.29 is 5.11 Å². The fourth-order valence-electron chi connectivity index (χ4n) is 1.70. The first kappa shape index (κ1) is 9.28. The van der Waals surface area contributed by atoms with Crippen LogP contribution in [0.4, 0.5) is 0 Å². The predicted molar refractivity (Wildman–Crippen MR) is 58.3 cm³/mol. The molecule has 2 nitrogen and oxygen atoms in total. The number of hydrogen-bond acceptors (Lipinski definition) is 1. The molecular formula is C12H15NO. The minimum atomic E-state index is -0.219. The van der Waals surface area contributed by atoms with Gasteiger partial charge in [-0.15, -0.1) is 0 Å². The van der Waals surface area contributed by atoms with Gasteiger partial charge < -0.3 is 10.1 Å². The molecule has 0 fully saturated rings. The van der Waals surface area contributed by atoms with Crippen molar-refractivity contribution in [2.75, 3.05) is 0 Å². The third-order valence-electron chi connectivity index (χ3n) is 2.51. The van der Waals surface area contributed by atoms with E-state index in [-0.39, 0.29) is 6.10 Å². The van der Waals surface area contributed by atoms with Crippen LogP contribution in [0.2, 0.25) is 0 Å². The number of nitrogens with one attached hydrogen (secondary N) is 1. The molecule has 2 rings (SSSR count). The fraction of sp³-hybridized carbons (Fsp3) is 0.333. The van der Waals surface area contributed by atoms with E-state index in [0.29, 0.717) is 0 Å². The largest absolute Gasteiger partial charge is 0.393 e. The molecule has 1 aromatic carbocycles. The third kappa shape index (κ3) is 1.80. The Morgan fingerprint density at radius 3 is 2.93 bits per heavy atom. The Kier molecular flexibility index (Phi) is 2.55. The van der Waals surface area contributed by atoms with Crippen LogP contribution in [-0.2, 0) is 6.42 Å². The van der Waals surface area contributed by atoms with E-state index in [1.807, 2.05) is 25.3 Å². The molecule has 1 heterocycles. The van der Waals surface area contributed by atoms with Gasteiger partial charge in [0.2, 0.25) is 0 Å². The van der Waals surface area contributed by atoms with Crippen LogP contribution in [0.1, 0.15) is 18.9 Å². The van der Waals surface area contributed by atoms with Crippen molar-refractivity contribution in [1.29, 1.82) is 0 Å². The zero-order valence-electron chi connectivity index (χ0n) is 8.33. The van der Waals surface area contributed by atoms with Crippen molar-refractivity contribution in [3.05, 3.63) is 36.0 Å². The molecule has 1 aromatic heterocycles. The van der Waals surface area contributed by atoms with Gasteiger partial charge in [0, 0.05) is 17.1 Å². The van der Waals surface area contributed by atoms with Crippen LogP contribution in [-0.4, -0.2) is 16.2 Å². The van der Waals surface area contributed by atoms with Crippen LogP contribution in [0.3, 0.4) is 0 Å². The number of aromatic nitrogens is 1. The summed E-state index contributed by atoms with van der Waals surface area (Å²) in [6, 6.07) is 8.25. The number of aliphatic hydroxyl groups excluding tert-OH is 1. The summed E-state index contributed by atoms with van der Waals surface area (Å²) in [7, 11) is 0. The predicted octanol–water partition coefficient (Wildman–Crippen LogP) is 2.48. The summed E-state index contributed by atoms with van der Waals surface area (Å²) < 4.78 is 0. The Hall–Kier alpha value is -1.28. The summed E-state index contributed by atoms with van der Waals surface area (Å²) in [6.07, 6.45) is 3.57. The molecule has 0 aliphatic rings. The van der Waals surface area contributed by atoms with E-state index in [9.17, 15) is 5.11 Å². The summed E-state index contributed by atoms with van der Waals surface area (Å²) in [4.78, 5) is 3.23. The molecular weight excluding hydrogens is 174 g/mol. The van der Waals surface area contributed by atoms with E-state index in [0.717, 1.165) is 12.8 Å². The molecule has 2 aromatic rings. The Bertz CT molecular complexity index is 417. The average molecular weight is 189 g/mol. The fourth-order valence-corrected chi connectivity index (χ4v) is 1.70. The molecule has 0 saturated carbocycles. The highest BCUT2D eigenvalue weighted by Crippen LogP contribution is 2.19. The van der Waals surface area contributed by atoms with Crippen LogP contribution in [0.15, 0.2) is 30.5 Å². The van der Waals surface area contributed by atoms with Crippen LogP contribution >= 0.6 is 0 Å². The zero-order chi connectivity index (χ0) is 9.97. The number of hydrogen-bond donors (Lipinski definition) is 2. The van der Waals surface area contributed by atoms with Crippen LogP contribution in [0, 0.1) is 0 Å². The van der Waals surface area contributed by atoms with Crippen molar-refractivity contribution in [2.45, 2.75) is 25.9 Å². The number of H-pyrrole nitrogens is 1. The third-order valence-corrected chi connectivity index (χ3v) is 2.51. The minimum Gasteiger partial charge on any atom is -0.393 e.